The molecule has 16 rings (SSSR count). The predicted octanol–water partition coefficient (Wildman–Crippen LogP) is 8.90. The molecule has 2 amide bonds. The van der Waals surface area contributed by atoms with Crippen molar-refractivity contribution in [3.05, 3.63) is 166 Å². The highest BCUT2D eigenvalue weighted by Crippen LogP contribution is 2.49. The fourth-order valence-corrected chi connectivity index (χ4v) is 12.9. The fourth-order valence-electron chi connectivity index (χ4n) is 12.9. The predicted molar refractivity (Wildman–Crippen MR) is 378 cm³/mol. The van der Waals surface area contributed by atoms with Crippen molar-refractivity contribution < 1.29 is 14.3 Å². The molecule has 3 saturated heterocycles. The topological polar surface area (TPSA) is 291 Å². The molecule has 2 unspecified atom stereocenters. The van der Waals surface area contributed by atoms with Gasteiger partial charge in [0.05, 0.1) is 43.7 Å². The van der Waals surface area contributed by atoms with Crippen molar-refractivity contribution in [1.82, 2.24) is 104 Å². The standard InChI is InChI=1S/C24H26N8O2.C24H26N8O.C24H26N8/c1-30-15-19(12-27-30)17-5-3-6-18(11-17)22-26-14-21(20-13-28-31(2)16-20)23(29-22)25-7-4-8-32-9-10-34-24(32)33;1-31-14-19(11-28-31)17-4-3-5-18(9-17)23-27-13-21(20-12-29-32(2)15-20)24(30-23)26-10-16-6-7-25-22(33)8-16;1-31-13-17(7-28-31)15-4-3-5-16(6-15)23-26-11-19(18-8-29-32(2)14-18)24(30-23)27-12-22-20-9-25-10-21(20)22/h3,5-6,11-16H,4,7-10H2,1-2H3,(H,25,26,29);3-5,9,11-16H,6-8,10H2,1-2H3,(H,25,33)(H,26,27,30);3-8,11,13-14,20-22,25H,9-10,12H2,1-2H3,(H,26,27,30)/t;;20-,21+,22?. The Morgan fingerprint density at radius 3 is 1.25 bits per heavy atom. The first-order valence-electron chi connectivity index (χ1n) is 33.2. The minimum absolute atomic E-state index is 0.108. The van der Waals surface area contributed by atoms with Gasteiger partial charge in [0.2, 0.25) is 5.91 Å². The highest BCUT2D eigenvalue weighted by molar-refractivity contribution is 5.81. The second-order valence-electron chi connectivity index (χ2n) is 25.5. The van der Waals surface area contributed by atoms with Gasteiger partial charge in [0.1, 0.15) is 24.1 Å². The first-order valence-corrected chi connectivity index (χ1v) is 33.2. The van der Waals surface area contributed by atoms with E-state index in [-0.39, 0.29) is 17.9 Å². The number of nitrogens with zero attached hydrogens (tertiary/aromatic N) is 19. The van der Waals surface area contributed by atoms with E-state index in [4.69, 9.17) is 24.7 Å². The molecule has 5 N–H and O–H groups in total. The molecule has 1 aliphatic carbocycles. The molecule has 99 heavy (non-hydrogen) atoms. The lowest BCUT2D eigenvalue weighted by molar-refractivity contribution is -0.123. The number of anilines is 3. The number of hydrogen-bond acceptors (Lipinski definition) is 19. The zero-order chi connectivity index (χ0) is 67.9. The van der Waals surface area contributed by atoms with Gasteiger partial charge in [0.25, 0.3) is 0 Å². The zero-order valence-corrected chi connectivity index (χ0v) is 56.1. The lowest BCUT2D eigenvalue weighted by Crippen LogP contribution is -2.36. The molecule has 27 nitrogen and oxygen atoms in total. The number of nitrogens with one attached hydrogen (secondary N) is 5. The maximum atomic E-state index is 11.8. The zero-order valence-electron chi connectivity index (χ0n) is 56.1. The first kappa shape index (κ1) is 64.6. The minimum atomic E-state index is -0.242. The van der Waals surface area contributed by atoms with Gasteiger partial charge in [-0.25, -0.2) is 34.7 Å². The molecule has 1 saturated carbocycles. The Labute approximate surface area is 572 Å². The molecule has 0 bridgehead atoms. The average molecular weight is 1330 g/mol. The van der Waals surface area contributed by atoms with Crippen molar-refractivity contribution in [1.29, 1.82) is 0 Å². The van der Waals surface area contributed by atoms with Gasteiger partial charge in [-0.2, -0.15) is 30.6 Å². The molecule has 3 aromatic carbocycles. The van der Waals surface area contributed by atoms with E-state index in [1.807, 2.05) is 164 Å². The summed E-state index contributed by atoms with van der Waals surface area (Å²) in [4.78, 5) is 53.9. The Balaban J connectivity index is 0.000000127. The van der Waals surface area contributed by atoms with E-state index in [0.29, 0.717) is 56.7 Å². The van der Waals surface area contributed by atoms with Gasteiger partial charge in [0.15, 0.2) is 17.5 Å². The van der Waals surface area contributed by atoms with E-state index in [0.717, 1.165) is 158 Å². The Hall–Kier alpha value is -11.7. The summed E-state index contributed by atoms with van der Waals surface area (Å²) in [6.07, 6.45) is 30.5. The van der Waals surface area contributed by atoms with Crippen LogP contribution in [0, 0.1) is 23.7 Å². The van der Waals surface area contributed by atoms with Crippen LogP contribution >= 0.6 is 0 Å². The van der Waals surface area contributed by atoms with Gasteiger partial charge < -0.3 is 36.2 Å². The normalized spacial score (nSPS) is 16.8. The summed E-state index contributed by atoms with van der Waals surface area (Å²) in [6, 6.07) is 24.6. The van der Waals surface area contributed by atoms with E-state index in [2.05, 4.69) is 104 Å². The molecular formula is C72H78N24O3. The second-order valence-corrected chi connectivity index (χ2v) is 25.5. The number of cyclic esters (lactones) is 1. The van der Waals surface area contributed by atoms with Crippen LogP contribution in [0.2, 0.25) is 0 Å². The lowest BCUT2D eigenvalue weighted by Gasteiger charge is -2.23. The summed E-state index contributed by atoms with van der Waals surface area (Å²) in [5, 5.41) is 42.7. The maximum Gasteiger partial charge on any atom is 0.409 e. The molecule has 9 aromatic heterocycles. The van der Waals surface area contributed by atoms with Crippen LogP contribution < -0.4 is 26.6 Å². The van der Waals surface area contributed by atoms with Crippen LogP contribution in [0.1, 0.15) is 19.3 Å². The molecule has 0 spiro atoms. The molecule has 0 radical (unpaired) electrons. The van der Waals surface area contributed by atoms with Crippen molar-refractivity contribution in [2.75, 3.05) is 74.9 Å². The second kappa shape index (κ2) is 28.9. The number of fused-ring (bicyclic) bond motifs is 1. The SMILES string of the molecule is Cn1cc(-c2cccc(-c3ncc(-c4cnn(C)c4)c(NCC4CCNC(=O)C4)n3)c2)cn1.Cn1cc(-c2cccc(-c3ncc(-c4cnn(C)c4)c(NCC4[C@H]5CNC[C@@H]45)n3)c2)cn1.Cn1cc(-c2cccc(-c3ncc(-c4cnn(C)c4)c(NCCCN4CCOC4=O)n3)c2)cn1. The summed E-state index contributed by atoms with van der Waals surface area (Å²) in [6.45, 7) is 7.02. The number of hydrogen-bond donors (Lipinski definition) is 5. The number of amides is 2. The van der Waals surface area contributed by atoms with Gasteiger partial charge in [-0.3, -0.25) is 32.9 Å². The molecule has 3 aliphatic heterocycles. The molecule has 4 atom stereocenters. The van der Waals surface area contributed by atoms with Crippen molar-refractivity contribution >= 4 is 29.5 Å². The van der Waals surface area contributed by atoms with E-state index in [9.17, 15) is 9.59 Å². The maximum absolute atomic E-state index is 11.8. The van der Waals surface area contributed by atoms with Gasteiger partial charge in [-0.1, -0.05) is 54.6 Å². The molecule has 12 aromatic rings. The highest BCUT2D eigenvalue weighted by Gasteiger charge is 2.52. The van der Waals surface area contributed by atoms with Crippen LogP contribution in [-0.2, 0) is 51.8 Å². The van der Waals surface area contributed by atoms with Crippen molar-refractivity contribution in [2.24, 2.45) is 66.0 Å². The molecule has 4 fully saturated rings. The monoisotopic (exact) mass is 1330 g/mol. The number of piperidine rings is 2. The van der Waals surface area contributed by atoms with Gasteiger partial charge in [-0.15, -0.1) is 0 Å². The largest absolute Gasteiger partial charge is 0.448 e. The van der Waals surface area contributed by atoms with Crippen LogP contribution in [0.4, 0.5) is 22.2 Å². The number of aromatic nitrogens is 18. The third-order valence-electron chi connectivity index (χ3n) is 18.3. The van der Waals surface area contributed by atoms with Gasteiger partial charge in [-0.05, 0) is 84.5 Å². The first-order chi connectivity index (χ1) is 48.3. The van der Waals surface area contributed by atoms with Crippen molar-refractivity contribution in [2.45, 2.75) is 19.3 Å². The Bertz CT molecular complexity index is 4820. The Morgan fingerprint density at radius 1 is 0.475 bits per heavy atom. The average Bonchev–Trinajstić information content (AvgIpc) is 1.62. The third-order valence-corrected chi connectivity index (χ3v) is 18.3. The van der Waals surface area contributed by atoms with E-state index in [1.54, 1.807) is 40.7 Å². The Morgan fingerprint density at radius 2 is 0.869 bits per heavy atom. The van der Waals surface area contributed by atoms with Gasteiger partial charge in [0, 0.05) is 204 Å². The number of ether oxygens (including phenoxy) is 1. The van der Waals surface area contributed by atoms with E-state index >= 15 is 0 Å². The number of rotatable bonds is 20. The number of carbonyl (C=O) groups is 2. The molecule has 4 aliphatic rings. The Kier molecular flexibility index (Phi) is 18.9. The molecular weight excluding hydrogens is 1250 g/mol. The van der Waals surface area contributed by atoms with Crippen LogP contribution in [0.5, 0.6) is 0 Å². The third kappa shape index (κ3) is 15.3. The number of benzene rings is 3. The van der Waals surface area contributed by atoms with Crippen molar-refractivity contribution in [3.8, 4) is 101 Å². The van der Waals surface area contributed by atoms with Crippen LogP contribution in [-0.4, -0.2) is 164 Å². The smallest absolute Gasteiger partial charge is 0.409 e. The van der Waals surface area contributed by atoms with Crippen LogP contribution in [0.25, 0.3) is 101 Å². The summed E-state index contributed by atoms with van der Waals surface area (Å²) in [5.41, 5.74) is 14.8. The van der Waals surface area contributed by atoms with Crippen LogP contribution in [0.3, 0.4) is 0 Å². The van der Waals surface area contributed by atoms with E-state index in [1.165, 1.54) is 0 Å². The summed E-state index contributed by atoms with van der Waals surface area (Å²) >= 11 is 0. The minimum Gasteiger partial charge on any atom is -0.448 e. The summed E-state index contributed by atoms with van der Waals surface area (Å²) < 4.78 is 15.7. The summed E-state index contributed by atoms with van der Waals surface area (Å²) in [7, 11) is 11.4. The molecule has 504 valence electrons. The summed E-state index contributed by atoms with van der Waals surface area (Å²) in [5.74, 6) is 7.04. The number of aryl methyl sites for hydroxylation is 6. The highest BCUT2D eigenvalue weighted by atomic mass is 16.6. The number of carbonyl (C=O) groups excluding carboxylic acids is 2. The quantitative estimate of drug-likeness (QED) is 0.0445. The fraction of sp³-hybridized carbons (Fsp3) is 0.306. The molecule has 12 heterocycles. The molecule has 27 heteroatoms. The van der Waals surface area contributed by atoms with Gasteiger partial charge >= 0.3 is 6.09 Å². The van der Waals surface area contributed by atoms with Crippen LogP contribution in [0.15, 0.2) is 166 Å². The van der Waals surface area contributed by atoms with E-state index < -0.39 is 0 Å². The van der Waals surface area contributed by atoms with Crippen molar-refractivity contribution in [3.63, 3.8) is 0 Å². The lowest BCUT2D eigenvalue weighted by atomic mass is 9.97.